The number of hydrogen-bond donors (Lipinski definition) is 3. The first kappa shape index (κ1) is 13.7. The third kappa shape index (κ3) is 3.19. The smallest absolute Gasteiger partial charge is 0.258 e. The van der Waals surface area contributed by atoms with Gasteiger partial charge in [0.15, 0.2) is 0 Å². The van der Waals surface area contributed by atoms with Crippen LogP contribution in [0.1, 0.15) is 19.7 Å². The van der Waals surface area contributed by atoms with Gasteiger partial charge in [-0.1, -0.05) is 26.0 Å². The van der Waals surface area contributed by atoms with Gasteiger partial charge in [-0.05, 0) is 18.1 Å². The van der Waals surface area contributed by atoms with Gasteiger partial charge in [0.2, 0.25) is 0 Å². The Kier molecular flexibility index (Phi) is 4.29. The number of nitrogens with zero attached hydrogens (tertiary/aromatic N) is 1. The highest BCUT2D eigenvalue weighted by molar-refractivity contribution is 5.77. The Labute approximate surface area is 111 Å². The fourth-order valence-corrected chi connectivity index (χ4v) is 1.96. The van der Waals surface area contributed by atoms with Crippen LogP contribution in [0.4, 0.5) is 0 Å². The van der Waals surface area contributed by atoms with Gasteiger partial charge in [0.25, 0.3) is 5.56 Å². The Morgan fingerprint density at radius 3 is 2.79 bits per heavy atom. The van der Waals surface area contributed by atoms with Crippen molar-refractivity contribution in [3.8, 4) is 0 Å². The van der Waals surface area contributed by atoms with Crippen LogP contribution in [0.15, 0.2) is 29.1 Å². The summed E-state index contributed by atoms with van der Waals surface area (Å²) >= 11 is 0. The summed E-state index contributed by atoms with van der Waals surface area (Å²) in [6.07, 6.45) is 0. The molecule has 3 N–H and O–H groups in total. The van der Waals surface area contributed by atoms with Gasteiger partial charge >= 0.3 is 0 Å². The number of hydrogen-bond acceptors (Lipinski definition) is 4. The zero-order chi connectivity index (χ0) is 13.8. The highest BCUT2D eigenvalue weighted by Gasteiger charge is 2.12. The summed E-state index contributed by atoms with van der Waals surface area (Å²) in [4.78, 5) is 19.0. The number of para-hydroxylation sites is 1. The number of H-pyrrole nitrogens is 1. The topological polar surface area (TPSA) is 78.0 Å². The van der Waals surface area contributed by atoms with Gasteiger partial charge in [0, 0.05) is 6.04 Å². The van der Waals surface area contributed by atoms with Crippen LogP contribution >= 0.6 is 0 Å². The Hall–Kier alpha value is -1.72. The number of aromatic amines is 1. The molecule has 19 heavy (non-hydrogen) atoms. The van der Waals surface area contributed by atoms with E-state index in [-0.39, 0.29) is 18.2 Å². The summed E-state index contributed by atoms with van der Waals surface area (Å²) in [5.41, 5.74) is 0.556. The molecule has 0 aliphatic rings. The Bertz CT molecular complexity index is 607. The van der Waals surface area contributed by atoms with E-state index in [2.05, 4.69) is 15.3 Å². The molecule has 2 aromatic rings. The molecule has 0 amide bonds. The zero-order valence-corrected chi connectivity index (χ0v) is 11.2. The van der Waals surface area contributed by atoms with E-state index in [1.165, 1.54) is 0 Å². The molecule has 102 valence electrons. The second kappa shape index (κ2) is 5.95. The number of benzene rings is 1. The van der Waals surface area contributed by atoms with Gasteiger partial charge in [0.1, 0.15) is 5.82 Å². The van der Waals surface area contributed by atoms with Gasteiger partial charge in [0.05, 0.1) is 24.1 Å². The number of aliphatic hydroxyl groups is 1. The molecule has 5 nitrogen and oxygen atoms in total. The number of aliphatic hydroxyl groups excluding tert-OH is 1. The number of rotatable bonds is 5. The molecule has 1 atom stereocenters. The van der Waals surface area contributed by atoms with Crippen LogP contribution in [0.2, 0.25) is 0 Å². The molecular weight excluding hydrogens is 242 g/mol. The molecule has 0 aliphatic carbocycles. The van der Waals surface area contributed by atoms with Crippen LogP contribution in [-0.4, -0.2) is 27.7 Å². The average molecular weight is 261 g/mol. The Morgan fingerprint density at radius 1 is 1.37 bits per heavy atom. The molecule has 0 spiro atoms. The third-order valence-electron chi connectivity index (χ3n) is 3.20. The van der Waals surface area contributed by atoms with Crippen LogP contribution < -0.4 is 10.9 Å². The van der Waals surface area contributed by atoms with E-state index in [0.29, 0.717) is 29.2 Å². The quantitative estimate of drug-likeness (QED) is 0.751. The molecule has 2 rings (SSSR count). The van der Waals surface area contributed by atoms with Gasteiger partial charge in [-0.3, -0.25) is 4.79 Å². The van der Waals surface area contributed by atoms with Crippen molar-refractivity contribution in [1.29, 1.82) is 0 Å². The molecule has 0 saturated carbocycles. The first-order valence-corrected chi connectivity index (χ1v) is 6.44. The van der Waals surface area contributed by atoms with Crippen molar-refractivity contribution >= 4 is 10.9 Å². The zero-order valence-electron chi connectivity index (χ0n) is 11.2. The lowest BCUT2D eigenvalue weighted by Gasteiger charge is -2.19. The first-order chi connectivity index (χ1) is 9.11. The maximum atomic E-state index is 11.9. The van der Waals surface area contributed by atoms with Crippen LogP contribution in [0.3, 0.4) is 0 Å². The van der Waals surface area contributed by atoms with E-state index in [9.17, 15) is 9.90 Å². The third-order valence-corrected chi connectivity index (χ3v) is 3.20. The van der Waals surface area contributed by atoms with E-state index in [4.69, 9.17) is 0 Å². The summed E-state index contributed by atoms with van der Waals surface area (Å²) in [5, 5.41) is 13.0. The second-order valence-corrected chi connectivity index (χ2v) is 4.94. The fourth-order valence-electron chi connectivity index (χ4n) is 1.96. The van der Waals surface area contributed by atoms with Crippen LogP contribution in [0, 0.1) is 5.92 Å². The summed E-state index contributed by atoms with van der Waals surface area (Å²) in [7, 11) is 0. The lowest BCUT2D eigenvalue weighted by Crippen LogP contribution is -2.37. The molecule has 1 unspecified atom stereocenters. The molecule has 0 fully saturated rings. The molecule has 0 radical (unpaired) electrons. The van der Waals surface area contributed by atoms with Crippen molar-refractivity contribution in [3.63, 3.8) is 0 Å². The molecule has 0 aliphatic heterocycles. The summed E-state index contributed by atoms with van der Waals surface area (Å²) in [5.74, 6) is 0.903. The number of aromatic nitrogens is 2. The Morgan fingerprint density at radius 2 is 2.11 bits per heavy atom. The number of nitrogens with one attached hydrogen (secondary N) is 2. The van der Waals surface area contributed by atoms with Gasteiger partial charge < -0.3 is 15.4 Å². The second-order valence-electron chi connectivity index (χ2n) is 4.94. The van der Waals surface area contributed by atoms with Gasteiger partial charge in [-0.15, -0.1) is 0 Å². The van der Waals surface area contributed by atoms with E-state index in [1.807, 2.05) is 32.0 Å². The standard InChI is InChI=1S/C14H19N3O2/c1-9(2)12(8-18)15-7-13-16-11-6-4-3-5-10(11)14(19)17-13/h3-6,9,12,15,18H,7-8H2,1-2H3,(H,16,17,19). The van der Waals surface area contributed by atoms with Crippen molar-refractivity contribution in [2.24, 2.45) is 5.92 Å². The van der Waals surface area contributed by atoms with Gasteiger partial charge in [-0.25, -0.2) is 4.98 Å². The first-order valence-electron chi connectivity index (χ1n) is 6.44. The molecular formula is C14H19N3O2. The minimum absolute atomic E-state index is 0.00299. The van der Waals surface area contributed by atoms with Crippen LogP contribution in [0.5, 0.6) is 0 Å². The van der Waals surface area contributed by atoms with Crippen LogP contribution in [0.25, 0.3) is 10.9 Å². The number of fused-ring (bicyclic) bond motifs is 1. The summed E-state index contributed by atoms with van der Waals surface area (Å²) in [6, 6.07) is 7.24. The minimum Gasteiger partial charge on any atom is -0.395 e. The van der Waals surface area contributed by atoms with Crippen molar-refractivity contribution in [3.05, 3.63) is 40.4 Å². The predicted molar refractivity (Wildman–Crippen MR) is 74.9 cm³/mol. The van der Waals surface area contributed by atoms with Gasteiger partial charge in [-0.2, -0.15) is 0 Å². The van der Waals surface area contributed by atoms with E-state index >= 15 is 0 Å². The minimum atomic E-state index is -0.132. The molecule has 0 saturated heterocycles. The molecule has 1 aromatic heterocycles. The largest absolute Gasteiger partial charge is 0.395 e. The Balaban J connectivity index is 2.20. The lowest BCUT2D eigenvalue weighted by atomic mass is 10.1. The monoisotopic (exact) mass is 261 g/mol. The highest BCUT2D eigenvalue weighted by Crippen LogP contribution is 2.06. The average Bonchev–Trinajstić information content (AvgIpc) is 2.39. The maximum absolute atomic E-state index is 11.9. The molecule has 1 aromatic carbocycles. The van der Waals surface area contributed by atoms with Crippen molar-refractivity contribution in [1.82, 2.24) is 15.3 Å². The normalized spacial score (nSPS) is 13.1. The predicted octanol–water partition coefficient (Wildman–Crippen LogP) is 1.03. The summed E-state index contributed by atoms with van der Waals surface area (Å²) < 4.78 is 0. The van der Waals surface area contributed by atoms with Crippen molar-refractivity contribution < 1.29 is 5.11 Å². The molecule has 0 bridgehead atoms. The van der Waals surface area contributed by atoms with Crippen LogP contribution in [-0.2, 0) is 6.54 Å². The van der Waals surface area contributed by atoms with Crippen molar-refractivity contribution in [2.45, 2.75) is 26.4 Å². The summed E-state index contributed by atoms with van der Waals surface area (Å²) in [6.45, 7) is 4.56. The van der Waals surface area contributed by atoms with Crippen molar-refractivity contribution in [2.75, 3.05) is 6.61 Å². The SMILES string of the molecule is CC(C)C(CO)NCc1nc2ccccc2c(=O)[nH]1. The molecule has 5 heteroatoms. The fraction of sp³-hybridized carbons (Fsp3) is 0.429. The highest BCUT2D eigenvalue weighted by atomic mass is 16.3. The van der Waals surface area contributed by atoms with E-state index < -0.39 is 0 Å². The van der Waals surface area contributed by atoms with E-state index in [0.717, 1.165) is 0 Å². The maximum Gasteiger partial charge on any atom is 0.258 e. The lowest BCUT2D eigenvalue weighted by molar-refractivity contribution is 0.209. The molecule has 1 heterocycles. The van der Waals surface area contributed by atoms with E-state index in [1.54, 1.807) is 6.07 Å².